The van der Waals surface area contributed by atoms with Gasteiger partial charge in [-0.05, 0) is 33.4 Å². The molecule has 1 aliphatic rings. The number of hydrogen-bond acceptors (Lipinski definition) is 5. The maximum Gasteiger partial charge on any atom is 0.164 e. The highest BCUT2D eigenvalue weighted by atomic mass is 32.2. The topological polar surface area (TPSA) is 49.4 Å². The summed E-state index contributed by atoms with van der Waals surface area (Å²) in [5.41, 5.74) is 0. The van der Waals surface area contributed by atoms with Gasteiger partial charge in [0.15, 0.2) is 9.84 Å². The smallest absolute Gasteiger partial charge is 0.164 e. The minimum Gasteiger partial charge on any atom is -0.320 e. The van der Waals surface area contributed by atoms with E-state index in [1.807, 2.05) is 7.05 Å². The van der Waals surface area contributed by atoms with Crippen LogP contribution in [0.2, 0.25) is 0 Å². The molecular formula is C11H24N2O2S2. The molecule has 0 saturated carbocycles. The Kier molecular flexibility index (Phi) is 6.26. The Morgan fingerprint density at radius 3 is 2.82 bits per heavy atom. The van der Waals surface area contributed by atoms with Crippen LogP contribution in [0.4, 0.5) is 0 Å². The van der Waals surface area contributed by atoms with Gasteiger partial charge in [-0.1, -0.05) is 0 Å². The molecule has 1 heterocycles. The van der Waals surface area contributed by atoms with Crippen LogP contribution in [0.5, 0.6) is 0 Å². The van der Waals surface area contributed by atoms with Crippen molar-refractivity contribution >= 4 is 21.6 Å². The Labute approximate surface area is 109 Å². The zero-order valence-corrected chi connectivity index (χ0v) is 12.6. The molecule has 2 atom stereocenters. The zero-order chi connectivity index (χ0) is 12.9. The van der Waals surface area contributed by atoms with E-state index < -0.39 is 9.84 Å². The predicted octanol–water partition coefficient (Wildman–Crippen LogP) is 0.794. The second-order valence-electron chi connectivity index (χ2n) is 4.69. The third-order valence-corrected chi connectivity index (χ3v) is 5.89. The first-order chi connectivity index (χ1) is 7.96. The van der Waals surface area contributed by atoms with Gasteiger partial charge in [-0.3, -0.25) is 4.90 Å². The molecule has 1 N–H and O–H groups in total. The minimum atomic E-state index is -2.96. The number of rotatable bonds is 6. The van der Waals surface area contributed by atoms with Crippen molar-refractivity contribution in [2.75, 3.05) is 37.9 Å². The number of nitrogens with one attached hydrogen (secondary N) is 1. The quantitative estimate of drug-likeness (QED) is 0.729. The summed E-state index contributed by atoms with van der Waals surface area (Å²) < 4.78 is 23.5. The average molecular weight is 280 g/mol. The molecule has 4 nitrogen and oxygen atoms in total. The van der Waals surface area contributed by atoms with E-state index in [2.05, 4.69) is 17.1 Å². The van der Waals surface area contributed by atoms with Gasteiger partial charge >= 0.3 is 0 Å². The molecule has 1 rings (SSSR count). The molecule has 1 saturated heterocycles. The highest BCUT2D eigenvalue weighted by molar-refractivity contribution is 8.00. The summed E-state index contributed by atoms with van der Waals surface area (Å²) >= 11 is 1.75. The fraction of sp³-hybridized carbons (Fsp3) is 1.00. The van der Waals surface area contributed by atoms with E-state index in [9.17, 15) is 8.42 Å². The van der Waals surface area contributed by atoms with Crippen molar-refractivity contribution in [3.8, 4) is 0 Å². The first-order valence-electron chi connectivity index (χ1n) is 6.13. The monoisotopic (exact) mass is 280 g/mol. The highest BCUT2D eigenvalue weighted by Gasteiger charge is 2.33. The molecule has 0 radical (unpaired) electrons. The van der Waals surface area contributed by atoms with E-state index in [4.69, 9.17) is 0 Å². The number of sulfone groups is 1. The Balaban J connectivity index is 2.58. The molecule has 0 aromatic carbocycles. The largest absolute Gasteiger partial charge is 0.320 e. The van der Waals surface area contributed by atoms with Crippen molar-refractivity contribution in [1.82, 2.24) is 10.2 Å². The van der Waals surface area contributed by atoms with Gasteiger partial charge in [0.25, 0.3) is 0 Å². The summed E-state index contributed by atoms with van der Waals surface area (Å²) in [4.78, 5) is 2.17. The minimum absolute atomic E-state index is 0.286. The summed E-state index contributed by atoms with van der Waals surface area (Å²) in [6, 6.07) is 0.351. The van der Waals surface area contributed by atoms with Crippen molar-refractivity contribution in [2.45, 2.75) is 31.2 Å². The standard InChI is InChI=1S/C11H24N2O2S2/c1-10(5-4-6-12-2)13-7-8-16-9-11(13)17(3,14)15/h10-12H,4-9H2,1-3H3. The summed E-state index contributed by atoms with van der Waals surface area (Å²) in [5, 5.41) is 2.84. The van der Waals surface area contributed by atoms with Crippen LogP contribution in [0.15, 0.2) is 0 Å². The normalized spacial score (nSPS) is 24.8. The van der Waals surface area contributed by atoms with E-state index in [-0.39, 0.29) is 5.37 Å². The first kappa shape index (κ1) is 15.3. The molecule has 0 amide bonds. The van der Waals surface area contributed by atoms with Gasteiger partial charge < -0.3 is 5.32 Å². The maximum absolute atomic E-state index is 11.8. The fourth-order valence-electron chi connectivity index (χ4n) is 2.21. The third kappa shape index (κ3) is 4.77. The molecule has 0 bridgehead atoms. The van der Waals surface area contributed by atoms with Crippen LogP contribution < -0.4 is 5.32 Å². The van der Waals surface area contributed by atoms with E-state index in [1.54, 1.807) is 11.8 Å². The number of thioether (sulfide) groups is 1. The van der Waals surface area contributed by atoms with Gasteiger partial charge in [0.1, 0.15) is 5.37 Å². The van der Waals surface area contributed by atoms with Crippen LogP contribution in [0, 0.1) is 0 Å². The molecule has 0 aliphatic carbocycles. The Bertz CT molecular complexity index is 319. The second kappa shape index (κ2) is 6.97. The van der Waals surface area contributed by atoms with Crippen molar-refractivity contribution in [1.29, 1.82) is 0 Å². The SMILES string of the molecule is CNCCCC(C)N1CCSCC1S(C)(=O)=O. The first-order valence-corrected chi connectivity index (χ1v) is 9.24. The average Bonchev–Trinajstić information content (AvgIpc) is 2.28. The summed E-state index contributed by atoms with van der Waals surface area (Å²) in [5.74, 6) is 1.76. The lowest BCUT2D eigenvalue weighted by atomic mass is 10.1. The predicted molar refractivity (Wildman–Crippen MR) is 75.3 cm³/mol. The molecule has 0 aromatic heterocycles. The van der Waals surface area contributed by atoms with Crippen LogP contribution in [0.3, 0.4) is 0 Å². The molecule has 6 heteroatoms. The van der Waals surface area contributed by atoms with Gasteiger partial charge in [-0.25, -0.2) is 8.42 Å². The molecule has 0 spiro atoms. The summed E-state index contributed by atoms with van der Waals surface area (Å²) in [6.07, 6.45) is 3.51. The lowest BCUT2D eigenvalue weighted by Crippen LogP contribution is -2.51. The molecule has 0 aromatic rings. The summed E-state index contributed by atoms with van der Waals surface area (Å²) in [6.45, 7) is 4.03. The van der Waals surface area contributed by atoms with Gasteiger partial charge in [0, 0.05) is 30.3 Å². The van der Waals surface area contributed by atoms with Crippen molar-refractivity contribution in [2.24, 2.45) is 0 Å². The van der Waals surface area contributed by atoms with E-state index in [0.717, 1.165) is 37.4 Å². The van der Waals surface area contributed by atoms with Gasteiger partial charge in [-0.15, -0.1) is 0 Å². The molecular weight excluding hydrogens is 256 g/mol. The van der Waals surface area contributed by atoms with Crippen LogP contribution >= 0.6 is 11.8 Å². The van der Waals surface area contributed by atoms with Crippen LogP contribution in [0.1, 0.15) is 19.8 Å². The number of hydrogen-bond donors (Lipinski definition) is 1. The van der Waals surface area contributed by atoms with Gasteiger partial charge in [0.05, 0.1) is 0 Å². The lowest BCUT2D eigenvalue weighted by molar-refractivity contribution is 0.193. The van der Waals surface area contributed by atoms with Crippen LogP contribution in [-0.4, -0.2) is 62.6 Å². The van der Waals surface area contributed by atoms with E-state index in [1.165, 1.54) is 6.26 Å². The number of nitrogens with zero attached hydrogens (tertiary/aromatic N) is 1. The molecule has 1 aliphatic heterocycles. The third-order valence-electron chi connectivity index (χ3n) is 3.23. The lowest BCUT2D eigenvalue weighted by Gasteiger charge is -2.38. The zero-order valence-electron chi connectivity index (χ0n) is 11.0. The van der Waals surface area contributed by atoms with Gasteiger partial charge in [-0.2, -0.15) is 11.8 Å². The molecule has 17 heavy (non-hydrogen) atoms. The Morgan fingerprint density at radius 2 is 2.24 bits per heavy atom. The highest BCUT2D eigenvalue weighted by Crippen LogP contribution is 2.23. The van der Waals surface area contributed by atoms with Crippen molar-refractivity contribution < 1.29 is 8.42 Å². The van der Waals surface area contributed by atoms with Crippen LogP contribution in [-0.2, 0) is 9.84 Å². The second-order valence-corrected chi connectivity index (χ2v) is 8.04. The molecule has 2 unspecified atom stereocenters. The van der Waals surface area contributed by atoms with Gasteiger partial charge in [0.2, 0.25) is 0 Å². The maximum atomic E-state index is 11.8. The van der Waals surface area contributed by atoms with Crippen LogP contribution in [0.25, 0.3) is 0 Å². The van der Waals surface area contributed by atoms with Crippen molar-refractivity contribution in [3.05, 3.63) is 0 Å². The fourth-order valence-corrected chi connectivity index (χ4v) is 5.19. The summed E-state index contributed by atoms with van der Waals surface area (Å²) in [7, 11) is -1.02. The van der Waals surface area contributed by atoms with E-state index in [0.29, 0.717) is 6.04 Å². The Morgan fingerprint density at radius 1 is 1.53 bits per heavy atom. The van der Waals surface area contributed by atoms with Crippen molar-refractivity contribution in [3.63, 3.8) is 0 Å². The van der Waals surface area contributed by atoms with E-state index >= 15 is 0 Å². The molecule has 102 valence electrons. The molecule has 1 fully saturated rings. The Hall–Kier alpha value is 0.220.